The Labute approximate surface area is 119 Å². The molecule has 0 unspecified atom stereocenters. The SMILES string of the molecule is CCOCOc1cc(CNCC(C)C)ccc1[N+](=O)[O-]. The first-order valence-electron chi connectivity index (χ1n) is 6.73. The summed E-state index contributed by atoms with van der Waals surface area (Å²) in [4.78, 5) is 10.5. The lowest BCUT2D eigenvalue weighted by Gasteiger charge is -2.10. The minimum atomic E-state index is -0.452. The molecule has 0 aromatic heterocycles. The van der Waals surface area contributed by atoms with E-state index >= 15 is 0 Å². The monoisotopic (exact) mass is 282 g/mol. The van der Waals surface area contributed by atoms with Crippen LogP contribution in [0, 0.1) is 16.0 Å². The van der Waals surface area contributed by atoms with Crippen molar-refractivity contribution >= 4 is 5.69 Å². The summed E-state index contributed by atoms with van der Waals surface area (Å²) in [5, 5.41) is 14.2. The van der Waals surface area contributed by atoms with Crippen molar-refractivity contribution in [3.63, 3.8) is 0 Å². The maximum Gasteiger partial charge on any atom is 0.311 e. The summed E-state index contributed by atoms with van der Waals surface area (Å²) in [6.07, 6.45) is 0. The predicted octanol–water partition coefficient (Wildman–Crippen LogP) is 2.71. The predicted molar refractivity (Wildman–Crippen MR) is 76.8 cm³/mol. The van der Waals surface area contributed by atoms with Gasteiger partial charge in [-0.25, -0.2) is 0 Å². The number of nitrogens with zero attached hydrogens (tertiary/aromatic N) is 1. The van der Waals surface area contributed by atoms with E-state index in [0.717, 1.165) is 12.1 Å². The van der Waals surface area contributed by atoms with Crippen LogP contribution in [0.5, 0.6) is 5.75 Å². The Kier molecular flexibility index (Phi) is 6.97. The number of rotatable bonds is 9. The van der Waals surface area contributed by atoms with Gasteiger partial charge in [-0.15, -0.1) is 0 Å². The Morgan fingerprint density at radius 1 is 1.40 bits per heavy atom. The van der Waals surface area contributed by atoms with Gasteiger partial charge < -0.3 is 14.8 Å². The van der Waals surface area contributed by atoms with Crippen LogP contribution in [0.4, 0.5) is 5.69 Å². The highest BCUT2D eigenvalue weighted by Gasteiger charge is 2.15. The van der Waals surface area contributed by atoms with E-state index in [9.17, 15) is 10.1 Å². The summed E-state index contributed by atoms with van der Waals surface area (Å²) in [6.45, 7) is 8.15. The molecule has 0 aliphatic rings. The van der Waals surface area contributed by atoms with E-state index in [4.69, 9.17) is 9.47 Å². The summed E-state index contributed by atoms with van der Waals surface area (Å²) in [5.74, 6) is 0.800. The number of nitrogens with one attached hydrogen (secondary N) is 1. The van der Waals surface area contributed by atoms with Crippen molar-refractivity contribution in [3.05, 3.63) is 33.9 Å². The highest BCUT2D eigenvalue weighted by Crippen LogP contribution is 2.28. The fourth-order valence-electron chi connectivity index (χ4n) is 1.63. The minimum Gasteiger partial charge on any atom is -0.460 e. The largest absolute Gasteiger partial charge is 0.460 e. The second kappa shape index (κ2) is 8.50. The van der Waals surface area contributed by atoms with Crippen LogP contribution in [0.25, 0.3) is 0 Å². The second-order valence-electron chi connectivity index (χ2n) is 4.84. The molecule has 1 aromatic carbocycles. The first-order chi connectivity index (χ1) is 9.54. The summed E-state index contributed by atoms with van der Waals surface area (Å²) in [7, 11) is 0. The lowest BCUT2D eigenvalue weighted by Crippen LogP contribution is -2.19. The van der Waals surface area contributed by atoms with E-state index in [1.165, 1.54) is 6.07 Å². The molecule has 1 N–H and O–H groups in total. The van der Waals surface area contributed by atoms with Crippen LogP contribution >= 0.6 is 0 Å². The molecule has 0 amide bonds. The van der Waals surface area contributed by atoms with Crippen LogP contribution in [0.3, 0.4) is 0 Å². The maximum absolute atomic E-state index is 10.9. The molecule has 0 aliphatic heterocycles. The van der Waals surface area contributed by atoms with Gasteiger partial charge in [0.25, 0.3) is 0 Å². The van der Waals surface area contributed by atoms with E-state index in [1.54, 1.807) is 12.1 Å². The number of benzene rings is 1. The first kappa shape index (κ1) is 16.4. The molecule has 0 atom stereocenters. The number of nitro benzene ring substituents is 1. The van der Waals surface area contributed by atoms with Gasteiger partial charge in [0.05, 0.1) is 4.92 Å². The number of hydrogen-bond acceptors (Lipinski definition) is 5. The smallest absolute Gasteiger partial charge is 0.311 e. The molecule has 0 fully saturated rings. The van der Waals surface area contributed by atoms with Gasteiger partial charge in [0.2, 0.25) is 0 Å². The highest BCUT2D eigenvalue weighted by atomic mass is 16.7. The van der Waals surface area contributed by atoms with Crippen LogP contribution in [0.15, 0.2) is 18.2 Å². The lowest BCUT2D eigenvalue weighted by molar-refractivity contribution is -0.386. The molecule has 1 rings (SSSR count). The standard InChI is InChI=1S/C14H22N2O4/c1-4-19-10-20-14-7-12(9-15-8-11(2)3)5-6-13(14)16(17)18/h5-7,11,15H,4,8-10H2,1-3H3. The quantitative estimate of drug-likeness (QED) is 0.326. The van der Waals surface area contributed by atoms with Crippen LogP contribution < -0.4 is 10.1 Å². The maximum atomic E-state index is 10.9. The van der Waals surface area contributed by atoms with Gasteiger partial charge >= 0.3 is 5.69 Å². The summed E-state index contributed by atoms with van der Waals surface area (Å²) in [6, 6.07) is 4.89. The van der Waals surface area contributed by atoms with Gasteiger partial charge in [0.15, 0.2) is 12.5 Å². The Hall–Kier alpha value is -1.66. The lowest BCUT2D eigenvalue weighted by atomic mass is 10.1. The van der Waals surface area contributed by atoms with E-state index < -0.39 is 4.92 Å². The fourth-order valence-corrected chi connectivity index (χ4v) is 1.63. The topological polar surface area (TPSA) is 73.6 Å². The van der Waals surface area contributed by atoms with Crippen LogP contribution in [0.2, 0.25) is 0 Å². The molecule has 112 valence electrons. The highest BCUT2D eigenvalue weighted by molar-refractivity contribution is 5.48. The molecule has 0 saturated heterocycles. The Morgan fingerprint density at radius 3 is 2.75 bits per heavy atom. The Morgan fingerprint density at radius 2 is 2.15 bits per heavy atom. The van der Waals surface area contributed by atoms with Crippen molar-refractivity contribution in [2.45, 2.75) is 27.3 Å². The summed E-state index contributed by atoms with van der Waals surface area (Å²) >= 11 is 0. The van der Waals surface area contributed by atoms with Gasteiger partial charge in [-0.1, -0.05) is 19.9 Å². The molecule has 0 spiro atoms. The van der Waals surface area contributed by atoms with Gasteiger partial charge in [-0.2, -0.15) is 0 Å². The molecule has 0 aliphatic carbocycles. The van der Waals surface area contributed by atoms with E-state index in [1.807, 2.05) is 6.92 Å². The molecule has 0 saturated carbocycles. The second-order valence-corrected chi connectivity index (χ2v) is 4.84. The molecule has 0 heterocycles. The van der Waals surface area contributed by atoms with Crippen molar-refractivity contribution in [1.29, 1.82) is 0 Å². The van der Waals surface area contributed by atoms with Crippen molar-refractivity contribution in [2.24, 2.45) is 5.92 Å². The zero-order chi connectivity index (χ0) is 15.0. The molecule has 20 heavy (non-hydrogen) atoms. The summed E-state index contributed by atoms with van der Waals surface area (Å²) in [5.41, 5.74) is 0.903. The third kappa shape index (κ3) is 5.54. The molecular formula is C14H22N2O4. The Bertz CT molecular complexity index is 435. The van der Waals surface area contributed by atoms with Crippen molar-refractivity contribution in [3.8, 4) is 5.75 Å². The molecular weight excluding hydrogens is 260 g/mol. The average molecular weight is 282 g/mol. The number of hydrogen-bond donors (Lipinski definition) is 1. The van der Waals surface area contributed by atoms with Gasteiger partial charge in [-0.05, 0) is 31.0 Å². The third-order valence-electron chi connectivity index (χ3n) is 2.60. The fraction of sp³-hybridized carbons (Fsp3) is 0.571. The third-order valence-corrected chi connectivity index (χ3v) is 2.60. The summed E-state index contributed by atoms with van der Waals surface area (Å²) < 4.78 is 10.4. The molecule has 6 heteroatoms. The zero-order valence-electron chi connectivity index (χ0n) is 12.2. The van der Waals surface area contributed by atoms with Crippen molar-refractivity contribution in [1.82, 2.24) is 5.32 Å². The molecule has 6 nitrogen and oxygen atoms in total. The number of nitro groups is 1. The zero-order valence-corrected chi connectivity index (χ0v) is 12.2. The van der Waals surface area contributed by atoms with Crippen molar-refractivity contribution in [2.75, 3.05) is 19.9 Å². The van der Waals surface area contributed by atoms with E-state index in [-0.39, 0.29) is 18.2 Å². The van der Waals surface area contributed by atoms with Gasteiger partial charge in [0.1, 0.15) is 0 Å². The normalized spacial score (nSPS) is 10.8. The van der Waals surface area contributed by atoms with E-state index in [2.05, 4.69) is 19.2 Å². The Balaban J connectivity index is 2.73. The van der Waals surface area contributed by atoms with Crippen LogP contribution in [0.1, 0.15) is 26.3 Å². The minimum absolute atomic E-state index is 0.0141. The van der Waals surface area contributed by atoms with Gasteiger partial charge in [-0.3, -0.25) is 10.1 Å². The number of ether oxygens (including phenoxy) is 2. The van der Waals surface area contributed by atoms with Gasteiger partial charge in [0, 0.05) is 19.2 Å². The van der Waals surface area contributed by atoms with E-state index in [0.29, 0.717) is 19.1 Å². The van der Waals surface area contributed by atoms with Crippen LogP contribution in [-0.2, 0) is 11.3 Å². The van der Waals surface area contributed by atoms with Crippen LogP contribution in [-0.4, -0.2) is 24.9 Å². The molecule has 0 bridgehead atoms. The molecule has 1 aromatic rings. The first-order valence-corrected chi connectivity index (χ1v) is 6.73. The average Bonchev–Trinajstić information content (AvgIpc) is 2.38. The molecule has 0 radical (unpaired) electrons. The van der Waals surface area contributed by atoms with Crippen molar-refractivity contribution < 1.29 is 14.4 Å².